The molecule has 0 aliphatic heterocycles. The van der Waals surface area contributed by atoms with Crippen LogP contribution in [-0.2, 0) is 4.79 Å². The third-order valence-electron chi connectivity index (χ3n) is 3.44. The fourth-order valence-corrected chi connectivity index (χ4v) is 2.43. The Kier molecular flexibility index (Phi) is 2.07. The topological polar surface area (TPSA) is 50.2 Å². The molecule has 0 radical (unpaired) electrons. The Hall–Kier alpha value is -1.38. The van der Waals surface area contributed by atoms with E-state index >= 15 is 0 Å². The Labute approximate surface area is 89.2 Å². The van der Waals surface area contributed by atoms with Gasteiger partial charge in [-0.1, -0.05) is 19.9 Å². The normalized spacial score (nSPS) is 27.4. The molecule has 1 heterocycles. The summed E-state index contributed by atoms with van der Waals surface area (Å²) in [6.45, 7) is 5.96. The summed E-state index contributed by atoms with van der Waals surface area (Å²) < 4.78 is 0. The number of aryl methyl sites for hydroxylation is 1. The molecule has 1 fully saturated rings. The van der Waals surface area contributed by atoms with Crippen molar-refractivity contribution in [3.8, 4) is 0 Å². The van der Waals surface area contributed by atoms with Crippen molar-refractivity contribution in [2.45, 2.75) is 26.7 Å². The quantitative estimate of drug-likeness (QED) is 0.805. The summed E-state index contributed by atoms with van der Waals surface area (Å²) in [5.41, 5.74) is 1.86. The molecule has 1 aromatic rings. The van der Waals surface area contributed by atoms with E-state index in [0.717, 1.165) is 11.3 Å². The smallest absolute Gasteiger partial charge is 0.307 e. The first kappa shape index (κ1) is 10.1. The third kappa shape index (κ3) is 1.42. The van der Waals surface area contributed by atoms with E-state index in [9.17, 15) is 4.79 Å². The van der Waals surface area contributed by atoms with Crippen LogP contribution >= 0.6 is 0 Å². The van der Waals surface area contributed by atoms with E-state index in [0.29, 0.717) is 0 Å². The van der Waals surface area contributed by atoms with Crippen LogP contribution in [0.4, 0.5) is 0 Å². The lowest BCUT2D eigenvalue weighted by Crippen LogP contribution is -2.03. The summed E-state index contributed by atoms with van der Waals surface area (Å²) in [6.07, 6.45) is 1.73. The van der Waals surface area contributed by atoms with Gasteiger partial charge in [-0.2, -0.15) is 0 Å². The SMILES string of the molecule is Cc1cccnc1[C@H]1[C@H](C(=O)O)C1(C)C. The van der Waals surface area contributed by atoms with E-state index in [-0.39, 0.29) is 17.3 Å². The molecule has 0 aromatic carbocycles. The highest BCUT2D eigenvalue weighted by Crippen LogP contribution is 2.64. The van der Waals surface area contributed by atoms with Gasteiger partial charge in [0.2, 0.25) is 0 Å². The van der Waals surface area contributed by atoms with Crippen LogP contribution in [0.1, 0.15) is 31.0 Å². The lowest BCUT2D eigenvalue weighted by Gasteiger charge is -2.04. The van der Waals surface area contributed by atoms with Gasteiger partial charge in [0, 0.05) is 17.8 Å². The molecule has 1 aromatic heterocycles. The van der Waals surface area contributed by atoms with Crippen molar-refractivity contribution in [3.05, 3.63) is 29.6 Å². The Balaban J connectivity index is 2.36. The minimum absolute atomic E-state index is 0.0659. The van der Waals surface area contributed by atoms with Crippen LogP contribution in [0, 0.1) is 18.3 Å². The molecule has 1 aliphatic carbocycles. The lowest BCUT2D eigenvalue weighted by atomic mass is 10.0. The maximum absolute atomic E-state index is 11.0. The van der Waals surface area contributed by atoms with E-state index in [1.807, 2.05) is 32.9 Å². The monoisotopic (exact) mass is 205 g/mol. The molecule has 2 rings (SSSR count). The second-order valence-corrected chi connectivity index (χ2v) is 4.82. The molecular formula is C12H15NO2. The van der Waals surface area contributed by atoms with Crippen molar-refractivity contribution in [3.63, 3.8) is 0 Å². The minimum Gasteiger partial charge on any atom is -0.481 e. The van der Waals surface area contributed by atoms with E-state index in [4.69, 9.17) is 5.11 Å². The maximum Gasteiger partial charge on any atom is 0.307 e. The van der Waals surface area contributed by atoms with Crippen LogP contribution in [0.5, 0.6) is 0 Å². The first-order chi connectivity index (χ1) is 6.96. The van der Waals surface area contributed by atoms with Gasteiger partial charge in [0.1, 0.15) is 0 Å². The number of carboxylic acid groups (broad SMARTS) is 1. The van der Waals surface area contributed by atoms with E-state index in [1.54, 1.807) is 6.20 Å². The van der Waals surface area contributed by atoms with Gasteiger partial charge in [0.15, 0.2) is 0 Å². The molecule has 0 saturated heterocycles. The summed E-state index contributed by atoms with van der Waals surface area (Å²) in [5.74, 6) is -0.933. The molecule has 15 heavy (non-hydrogen) atoms. The lowest BCUT2D eigenvalue weighted by molar-refractivity contribution is -0.139. The van der Waals surface area contributed by atoms with Crippen molar-refractivity contribution in [2.24, 2.45) is 11.3 Å². The number of aliphatic carboxylic acids is 1. The third-order valence-corrected chi connectivity index (χ3v) is 3.44. The highest BCUT2D eigenvalue weighted by Gasteiger charge is 2.63. The average molecular weight is 205 g/mol. The fourth-order valence-electron chi connectivity index (χ4n) is 2.43. The van der Waals surface area contributed by atoms with Gasteiger partial charge in [0.25, 0.3) is 0 Å². The Bertz CT molecular complexity index is 412. The summed E-state index contributed by atoms with van der Waals surface area (Å²) in [7, 11) is 0. The van der Waals surface area contributed by atoms with E-state index in [1.165, 1.54) is 0 Å². The van der Waals surface area contributed by atoms with Crippen LogP contribution in [0.2, 0.25) is 0 Å². The molecule has 1 saturated carbocycles. The second kappa shape index (κ2) is 3.05. The fraction of sp³-hybridized carbons (Fsp3) is 0.500. The van der Waals surface area contributed by atoms with Crippen LogP contribution in [0.3, 0.4) is 0 Å². The molecule has 0 bridgehead atoms. The summed E-state index contributed by atoms with van der Waals surface area (Å²) >= 11 is 0. The average Bonchev–Trinajstić information content (AvgIpc) is 2.70. The summed E-state index contributed by atoms with van der Waals surface area (Å²) in [4.78, 5) is 15.3. The van der Waals surface area contributed by atoms with Crippen LogP contribution < -0.4 is 0 Å². The molecule has 3 heteroatoms. The molecule has 3 nitrogen and oxygen atoms in total. The number of carbonyl (C=O) groups is 1. The maximum atomic E-state index is 11.0. The van der Waals surface area contributed by atoms with Crippen LogP contribution in [-0.4, -0.2) is 16.1 Å². The molecule has 2 atom stereocenters. The Morgan fingerprint density at radius 3 is 2.67 bits per heavy atom. The summed E-state index contributed by atoms with van der Waals surface area (Å²) in [6, 6.07) is 3.86. The van der Waals surface area contributed by atoms with Gasteiger partial charge in [-0.05, 0) is 24.0 Å². The van der Waals surface area contributed by atoms with Gasteiger partial charge in [-0.3, -0.25) is 9.78 Å². The van der Waals surface area contributed by atoms with Gasteiger partial charge in [-0.25, -0.2) is 0 Å². The van der Waals surface area contributed by atoms with Crippen molar-refractivity contribution >= 4 is 5.97 Å². The predicted molar refractivity (Wildman–Crippen MR) is 56.6 cm³/mol. The number of hydrogen-bond acceptors (Lipinski definition) is 2. The molecule has 0 amide bonds. The number of pyridine rings is 1. The largest absolute Gasteiger partial charge is 0.481 e. The Morgan fingerprint density at radius 1 is 1.53 bits per heavy atom. The zero-order chi connectivity index (χ0) is 11.2. The second-order valence-electron chi connectivity index (χ2n) is 4.82. The number of hydrogen-bond donors (Lipinski definition) is 1. The van der Waals surface area contributed by atoms with Crippen molar-refractivity contribution in [2.75, 3.05) is 0 Å². The van der Waals surface area contributed by atoms with Gasteiger partial charge < -0.3 is 5.11 Å². The zero-order valence-electron chi connectivity index (χ0n) is 9.19. The zero-order valence-corrected chi connectivity index (χ0v) is 9.19. The van der Waals surface area contributed by atoms with E-state index < -0.39 is 5.97 Å². The number of carboxylic acids is 1. The minimum atomic E-state index is -0.713. The van der Waals surface area contributed by atoms with Gasteiger partial charge >= 0.3 is 5.97 Å². The highest BCUT2D eigenvalue weighted by molar-refractivity contribution is 5.77. The predicted octanol–water partition coefficient (Wildman–Crippen LogP) is 2.21. The van der Waals surface area contributed by atoms with Crippen molar-refractivity contribution in [1.82, 2.24) is 4.98 Å². The molecule has 80 valence electrons. The van der Waals surface area contributed by atoms with Gasteiger partial charge in [-0.15, -0.1) is 0 Å². The molecular weight excluding hydrogens is 190 g/mol. The molecule has 0 spiro atoms. The highest BCUT2D eigenvalue weighted by atomic mass is 16.4. The Morgan fingerprint density at radius 2 is 2.20 bits per heavy atom. The summed E-state index contributed by atoms with van der Waals surface area (Å²) in [5, 5.41) is 9.08. The first-order valence-electron chi connectivity index (χ1n) is 5.10. The molecule has 0 unspecified atom stereocenters. The number of aromatic nitrogens is 1. The standard InChI is InChI=1S/C12H15NO2/c1-7-5-4-6-13-10(7)8-9(11(14)15)12(8,2)3/h4-6,8-9H,1-3H3,(H,14,15)/t8-,9-/m1/s1. The van der Waals surface area contributed by atoms with Gasteiger partial charge in [0.05, 0.1) is 5.92 Å². The van der Waals surface area contributed by atoms with Crippen molar-refractivity contribution in [1.29, 1.82) is 0 Å². The van der Waals surface area contributed by atoms with E-state index in [2.05, 4.69) is 4.98 Å². The first-order valence-corrected chi connectivity index (χ1v) is 5.10. The molecule has 1 N–H and O–H groups in total. The van der Waals surface area contributed by atoms with Crippen molar-refractivity contribution < 1.29 is 9.90 Å². The number of rotatable bonds is 2. The number of nitrogens with zero attached hydrogens (tertiary/aromatic N) is 1. The molecule has 1 aliphatic rings. The van der Waals surface area contributed by atoms with Crippen LogP contribution in [0.15, 0.2) is 18.3 Å². The van der Waals surface area contributed by atoms with Crippen LogP contribution in [0.25, 0.3) is 0 Å².